The van der Waals surface area contributed by atoms with Crippen LogP contribution in [0.5, 0.6) is 17.2 Å². The van der Waals surface area contributed by atoms with Gasteiger partial charge in [-0.05, 0) is 48.5 Å². The minimum Gasteiger partial charge on any atom is -0.508 e. The van der Waals surface area contributed by atoms with Crippen molar-refractivity contribution in [3.05, 3.63) is 53.1 Å². The number of aromatic carboxylic acids is 1. The van der Waals surface area contributed by atoms with E-state index in [4.69, 9.17) is 20.5 Å². The molecule has 0 aromatic heterocycles. The fourth-order valence-corrected chi connectivity index (χ4v) is 3.49. The zero-order chi connectivity index (χ0) is 23.4. The van der Waals surface area contributed by atoms with Crippen LogP contribution in [0.2, 0.25) is 6.32 Å². The van der Waals surface area contributed by atoms with E-state index in [1.165, 1.54) is 29.2 Å². The Labute approximate surface area is 184 Å². The first kappa shape index (κ1) is 23.4. The van der Waals surface area contributed by atoms with Gasteiger partial charge in [0.25, 0.3) is 0 Å². The van der Waals surface area contributed by atoms with Gasteiger partial charge in [0.2, 0.25) is 5.91 Å². The third-order valence-corrected chi connectivity index (χ3v) is 5.27. The number of ether oxygens (including phenoxy) is 1. The Bertz CT molecular complexity index is 977. The van der Waals surface area contributed by atoms with E-state index in [9.17, 15) is 24.9 Å². The lowest BCUT2D eigenvalue weighted by Gasteiger charge is -2.40. The molecule has 2 aromatic rings. The number of phenols is 2. The summed E-state index contributed by atoms with van der Waals surface area (Å²) in [7, 11) is -1.57. The first-order valence-corrected chi connectivity index (χ1v) is 10.1. The summed E-state index contributed by atoms with van der Waals surface area (Å²) in [5.74, 6) is -2.04. The molecule has 1 saturated heterocycles. The molecule has 1 atom stereocenters. The summed E-state index contributed by atoms with van der Waals surface area (Å²) in [4.78, 5) is 25.7. The molecule has 0 bridgehead atoms. The molecule has 0 radical (unpaired) electrons. The molecule has 7 N–H and O–H groups in total. The van der Waals surface area contributed by atoms with Gasteiger partial charge in [-0.3, -0.25) is 4.79 Å². The number of nitrogens with two attached hydrogens (primary N) is 1. The number of amides is 1. The maximum atomic E-state index is 12.5. The molecule has 3 rings (SSSR count). The van der Waals surface area contributed by atoms with E-state index in [1.807, 2.05) is 0 Å². The molecule has 1 unspecified atom stereocenters. The quantitative estimate of drug-likeness (QED) is 0.290. The molecular formula is C21H25BN2O8. The number of rotatable bonds is 9. The molecule has 170 valence electrons. The second-order valence-corrected chi connectivity index (χ2v) is 7.73. The van der Waals surface area contributed by atoms with Crippen molar-refractivity contribution < 1.29 is 39.7 Å². The van der Waals surface area contributed by atoms with Crippen molar-refractivity contribution in [2.75, 3.05) is 13.1 Å². The molecule has 2 aromatic carbocycles. The number of nitrogens with zero attached hydrogens (tertiary/aromatic N) is 1. The van der Waals surface area contributed by atoms with Crippen molar-refractivity contribution in [2.45, 2.75) is 31.3 Å². The predicted molar refractivity (Wildman–Crippen MR) is 115 cm³/mol. The monoisotopic (exact) mass is 444 g/mol. The van der Waals surface area contributed by atoms with Crippen LogP contribution in [0.4, 0.5) is 0 Å². The van der Waals surface area contributed by atoms with Gasteiger partial charge in [-0.1, -0.05) is 18.2 Å². The van der Waals surface area contributed by atoms with Crippen LogP contribution in [0.1, 0.15) is 21.5 Å². The number of hydrogen-bond acceptors (Lipinski definition) is 8. The van der Waals surface area contributed by atoms with Crippen LogP contribution < -0.4 is 10.5 Å². The molecule has 0 aliphatic carbocycles. The average molecular weight is 444 g/mol. The number of aryl methyl sites for hydroxylation is 1. The van der Waals surface area contributed by atoms with Crippen molar-refractivity contribution >= 4 is 19.0 Å². The molecule has 1 amide bonds. The van der Waals surface area contributed by atoms with Crippen LogP contribution in [-0.2, 0) is 17.6 Å². The zero-order valence-corrected chi connectivity index (χ0v) is 17.2. The Kier molecular flexibility index (Phi) is 7.24. The summed E-state index contributed by atoms with van der Waals surface area (Å²) in [5.41, 5.74) is 6.66. The fourth-order valence-electron chi connectivity index (χ4n) is 3.49. The number of phenolic OH excluding ortho intramolecular Hbond substituents is 1. The highest BCUT2D eigenvalue weighted by atomic mass is 16.5. The largest absolute Gasteiger partial charge is 0.508 e. The van der Waals surface area contributed by atoms with Crippen LogP contribution in [0, 0.1) is 0 Å². The Morgan fingerprint density at radius 2 is 1.78 bits per heavy atom. The van der Waals surface area contributed by atoms with Gasteiger partial charge in [-0.25, -0.2) is 4.79 Å². The van der Waals surface area contributed by atoms with E-state index in [-0.39, 0.29) is 48.8 Å². The Morgan fingerprint density at radius 3 is 2.38 bits per heavy atom. The highest BCUT2D eigenvalue weighted by Crippen LogP contribution is 2.34. The third-order valence-electron chi connectivity index (χ3n) is 5.27. The van der Waals surface area contributed by atoms with Crippen LogP contribution in [0.25, 0.3) is 0 Å². The lowest BCUT2D eigenvalue weighted by Crippen LogP contribution is -2.60. The molecule has 1 heterocycles. The molecule has 1 aliphatic rings. The van der Waals surface area contributed by atoms with Crippen LogP contribution in [0.3, 0.4) is 0 Å². The fraction of sp³-hybridized carbons (Fsp3) is 0.333. The lowest BCUT2D eigenvalue weighted by atomic mass is 9.82. The standard InChI is InChI=1S/C21H25BN2O8/c23-16(9-12-1-4-14(25)5-2-12)20(27)24-10-15(11-24)32-17-6-3-13(7-8-22(30)31)19(26)18(17)21(28)29/h1-6,15-16,25-26,30-31H,7-11,23H2,(H,28,29). The number of carbonyl (C=O) groups is 2. The van der Waals surface area contributed by atoms with Gasteiger partial charge in [-0.2, -0.15) is 0 Å². The van der Waals surface area contributed by atoms with E-state index in [1.54, 1.807) is 12.1 Å². The number of carbonyl (C=O) groups excluding carboxylic acids is 1. The first-order chi connectivity index (χ1) is 15.2. The summed E-state index contributed by atoms with van der Waals surface area (Å²) in [6.45, 7) is 0.445. The van der Waals surface area contributed by atoms with E-state index < -0.39 is 36.5 Å². The van der Waals surface area contributed by atoms with Crippen molar-refractivity contribution in [3.63, 3.8) is 0 Å². The van der Waals surface area contributed by atoms with Gasteiger partial charge in [0, 0.05) is 0 Å². The number of carboxylic acids is 1. The van der Waals surface area contributed by atoms with Crippen molar-refractivity contribution in [3.8, 4) is 17.2 Å². The smallest absolute Gasteiger partial charge is 0.451 e. The number of carboxylic acid groups (broad SMARTS) is 1. The second kappa shape index (κ2) is 9.90. The van der Waals surface area contributed by atoms with Crippen LogP contribution >= 0.6 is 0 Å². The number of hydrogen-bond donors (Lipinski definition) is 6. The molecule has 32 heavy (non-hydrogen) atoms. The molecule has 10 nitrogen and oxygen atoms in total. The summed E-state index contributed by atoms with van der Waals surface area (Å²) < 4.78 is 5.69. The highest BCUT2D eigenvalue weighted by Gasteiger charge is 2.35. The molecule has 11 heteroatoms. The van der Waals surface area contributed by atoms with E-state index in [2.05, 4.69) is 0 Å². The van der Waals surface area contributed by atoms with E-state index in [0.717, 1.165) is 5.56 Å². The van der Waals surface area contributed by atoms with Gasteiger partial charge >= 0.3 is 13.1 Å². The SMILES string of the molecule is NC(Cc1ccc(O)cc1)C(=O)N1CC(Oc2ccc(CCB(O)O)c(O)c2C(=O)O)C1. The van der Waals surface area contributed by atoms with Gasteiger partial charge in [-0.15, -0.1) is 0 Å². The van der Waals surface area contributed by atoms with Crippen LogP contribution in [-0.4, -0.2) is 74.5 Å². The van der Waals surface area contributed by atoms with Gasteiger partial charge in [0.05, 0.1) is 19.1 Å². The maximum Gasteiger partial charge on any atom is 0.451 e. The highest BCUT2D eigenvalue weighted by molar-refractivity contribution is 6.41. The average Bonchev–Trinajstić information content (AvgIpc) is 2.70. The van der Waals surface area contributed by atoms with Gasteiger partial charge < -0.3 is 40.7 Å². The summed E-state index contributed by atoms with van der Waals surface area (Å²) >= 11 is 0. The number of aromatic hydroxyl groups is 2. The first-order valence-electron chi connectivity index (χ1n) is 10.1. The van der Waals surface area contributed by atoms with Crippen molar-refractivity contribution in [1.82, 2.24) is 4.90 Å². The van der Waals surface area contributed by atoms with Gasteiger partial charge in [0.1, 0.15) is 28.9 Å². The molecular weight excluding hydrogens is 419 g/mol. The Morgan fingerprint density at radius 1 is 1.12 bits per heavy atom. The van der Waals surface area contributed by atoms with Crippen LogP contribution in [0.15, 0.2) is 36.4 Å². The molecule has 0 spiro atoms. The maximum absolute atomic E-state index is 12.5. The number of benzene rings is 2. The van der Waals surface area contributed by atoms with E-state index >= 15 is 0 Å². The topological polar surface area (TPSA) is 174 Å². The normalized spacial score (nSPS) is 14.5. The predicted octanol–water partition coefficient (Wildman–Crippen LogP) is -0.0291. The molecule has 1 aliphatic heterocycles. The van der Waals surface area contributed by atoms with Crippen molar-refractivity contribution in [1.29, 1.82) is 0 Å². The number of likely N-dealkylation sites (tertiary alicyclic amines) is 1. The lowest BCUT2D eigenvalue weighted by molar-refractivity contribution is -0.141. The second-order valence-electron chi connectivity index (χ2n) is 7.73. The summed E-state index contributed by atoms with van der Waals surface area (Å²) in [5, 5.41) is 47.1. The Hall–Kier alpha value is -3.28. The van der Waals surface area contributed by atoms with Gasteiger partial charge in [0.15, 0.2) is 0 Å². The third kappa shape index (κ3) is 5.50. The minimum atomic E-state index is -1.57. The zero-order valence-electron chi connectivity index (χ0n) is 17.2. The molecule has 1 fully saturated rings. The van der Waals surface area contributed by atoms with E-state index in [0.29, 0.717) is 6.42 Å². The summed E-state index contributed by atoms with van der Waals surface area (Å²) in [6.07, 6.45) is -0.129. The summed E-state index contributed by atoms with van der Waals surface area (Å²) in [6, 6.07) is 8.53. The molecule has 0 saturated carbocycles. The van der Waals surface area contributed by atoms with Crippen molar-refractivity contribution in [2.24, 2.45) is 5.73 Å². The Balaban J connectivity index is 1.59. The minimum absolute atomic E-state index is 0.0335.